The number of carbonyl (C=O) groups excluding carboxylic acids is 1. The SMILES string of the molecule is CCCCCCCCCCCC1CC(=O)[C@H](CCCCCC)CO1. The minimum absolute atomic E-state index is 0.196. The van der Waals surface area contributed by atoms with E-state index in [-0.39, 0.29) is 12.0 Å². The number of Topliss-reactive ketones (excluding diaryl/α,β-unsaturated/α-hetero) is 1. The van der Waals surface area contributed by atoms with E-state index < -0.39 is 0 Å². The first-order valence-electron chi connectivity index (χ1n) is 10.9. The second-order valence-electron chi connectivity index (χ2n) is 7.79. The number of hydrogen-bond donors (Lipinski definition) is 0. The molecule has 1 fully saturated rings. The van der Waals surface area contributed by atoms with Crippen LogP contribution in [0.5, 0.6) is 0 Å². The summed E-state index contributed by atoms with van der Waals surface area (Å²) in [6.45, 7) is 5.19. The fourth-order valence-electron chi connectivity index (χ4n) is 3.73. The molecule has 0 spiro atoms. The molecule has 1 rings (SSSR count). The Morgan fingerprint density at radius 3 is 1.83 bits per heavy atom. The third-order valence-electron chi connectivity index (χ3n) is 5.45. The summed E-state index contributed by atoms with van der Waals surface area (Å²) >= 11 is 0. The highest BCUT2D eigenvalue weighted by Crippen LogP contribution is 2.24. The highest BCUT2D eigenvalue weighted by atomic mass is 16.5. The molecule has 0 aromatic rings. The monoisotopic (exact) mass is 338 g/mol. The lowest BCUT2D eigenvalue weighted by atomic mass is 9.90. The first kappa shape index (κ1) is 21.7. The number of ether oxygens (including phenoxy) is 1. The fraction of sp³-hybridized carbons (Fsp3) is 0.955. The van der Waals surface area contributed by atoms with Gasteiger partial charge < -0.3 is 4.74 Å². The van der Waals surface area contributed by atoms with Gasteiger partial charge in [-0.15, -0.1) is 0 Å². The number of carbonyl (C=O) groups is 1. The van der Waals surface area contributed by atoms with Crippen LogP contribution in [-0.4, -0.2) is 18.5 Å². The smallest absolute Gasteiger partial charge is 0.140 e. The summed E-state index contributed by atoms with van der Waals surface area (Å²) in [7, 11) is 0. The van der Waals surface area contributed by atoms with Crippen LogP contribution in [0.1, 0.15) is 117 Å². The van der Waals surface area contributed by atoms with E-state index in [9.17, 15) is 4.79 Å². The van der Waals surface area contributed by atoms with E-state index >= 15 is 0 Å². The van der Waals surface area contributed by atoms with Crippen LogP contribution in [-0.2, 0) is 9.53 Å². The van der Waals surface area contributed by atoms with E-state index in [0.29, 0.717) is 18.8 Å². The van der Waals surface area contributed by atoms with Crippen molar-refractivity contribution in [1.29, 1.82) is 0 Å². The van der Waals surface area contributed by atoms with Crippen molar-refractivity contribution in [3.05, 3.63) is 0 Å². The van der Waals surface area contributed by atoms with Crippen molar-refractivity contribution in [3.8, 4) is 0 Å². The Morgan fingerprint density at radius 2 is 1.25 bits per heavy atom. The van der Waals surface area contributed by atoms with Gasteiger partial charge in [-0.05, 0) is 12.8 Å². The minimum Gasteiger partial charge on any atom is -0.377 e. The first-order valence-corrected chi connectivity index (χ1v) is 10.9. The highest BCUT2D eigenvalue weighted by Gasteiger charge is 2.28. The summed E-state index contributed by atoms with van der Waals surface area (Å²) < 4.78 is 5.97. The van der Waals surface area contributed by atoms with Crippen molar-refractivity contribution < 1.29 is 9.53 Å². The van der Waals surface area contributed by atoms with E-state index in [1.807, 2.05) is 0 Å². The molecule has 1 aliphatic rings. The van der Waals surface area contributed by atoms with Crippen LogP contribution in [0.3, 0.4) is 0 Å². The lowest BCUT2D eigenvalue weighted by Crippen LogP contribution is -2.33. The Balaban J connectivity index is 1.96. The van der Waals surface area contributed by atoms with Crippen LogP contribution in [0.2, 0.25) is 0 Å². The van der Waals surface area contributed by atoms with Gasteiger partial charge in [0.25, 0.3) is 0 Å². The maximum Gasteiger partial charge on any atom is 0.140 e. The summed E-state index contributed by atoms with van der Waals surface area (Å²) in [6.07, 6.45) is 20.3. The van der Waals surface area contributed by atoms with Crippen LogP contribution < -0.4 is 0 Å². The molecule has 2 nitrogen and oxygen atoms in total. The molecule has 0 amide bonds. The molecule has 0 N–H and O–H groups in total. The van der Waals surface area contributed by atoms with Crippen LogP contribution >= 0.6 is 0 Å². The molecule has 1 unspecified atom stereocenters. The zero-order chi connectivity index (χ0) is 17.5. The average Bonchev–Trinajstić information content (AvgIpc) is 2.59. The Kier molecular flexibility index (Phi) is 13.5. The van der Waals surface area contributed by atoms with Gasteiger partial charge in [0.2, 0.25) is 0 Å². The molecule has 2 heteroatoms. The normalized spacial score (nSPS) is 21.3. The number of hydrogen-bond acceptors (Lipinski definition) is 2. The standard InChI is InChI=1S/C22H42O2/c1-3-5-7-9-10-11-12-13-15-17-21-18-22(23)20(19-24-21)16-14-8-6-4-2/h20-21H,3-19H2,1-2H3/t20-,21?/m1/s1. The molecule has 0 aliphatic carbocycles. The van der Waals surface area contributed by atoms with Crippen molar-refractivity contribution >= 4 is 5.78 Å². The molecule has 0 saturated carbocycles. The lowest BCUT2D eigenvalue weighted by Gasteiger charge is -2.28. The van der Waals surface area contributed by atoms with Gasteiger partial charge in [0.05, 0.1) is 12.7 Å². The Labute approximate surface area is 151 Å². The predicted octanol–water partition coefficient (Wildman–Crippen LogP) is 6.85. The van der Waals surface area contributed by atoms with Crippen molar-refractivity contribution in [2.75, 3.05) is 6.61 Å². The minimum atomic E-state index is 0.196. The van der Waals surface area contributed by atoms with Crippen molar-refractivity contribution in [1.82, 2.24) is 0 Å². The largest absolute Gasteiger partial charge is 0.377 e. The molecule has 0 aromatic carbocycles. The number of unbranched alkanes of at least 4 members (excludes halogenated alkanes) is 11. The van der Waals surface area contributed by atoms with Gasteiger partial charge in [0.1, 0.15) is 5.78 Å². The quantitative estimate of drug-likeness (QED) is 0.305. The zero-order valence-electron chi connectivity index (χ0n) is 16.5. The Hall–Kier alpha value is -0.370. The fourth-order valence-corrected chi connectivity index (χ4v) is 3.73. The van der Waals surface area contributed by atoms with E-state index in [1.165, 1.54) is 83.5 Å². The van der Waals surface area contributed by atoms with E-state index in [0.717, 1.165) is 12.8 Å². The van der Waals surface area contributed by atoms with Gasteiger partial charge in [-0.2, -0.15) is 0 Å². The zero-order valence-corrected chi connectivity index (χ0v) is 16.5. The maximum atomic E-state index is 12.2. The van der Waals surface area contributed by atoms with Gasteiger partial charge in [-0.3, -0.25) is 4.79 Å². The van der Waals surface area contributed by atoms with Gasteiger partial charge in [0, 0.05) is 12.3 Å². The third-order valence-corrected chi connectivity index (χ3v) is 5.45. The molecule has 1 saturated heterocycles. The summed E-state index contributed by atoms with van der Waals surface area (Å²) in [4.78, 5) is 12.2. The molecular formula is C22H42O2. The van der Waals surface area contributed by atoms with Crippen LogP contribution in [0, 0.1) is 5.92 Å². The molecule has 142 valence electrons. The molecule has 1 heterocycles. The van der Waals surface area contributed by atoms with Gasteiger partial charge in [-0.1, -0.05) is 97.3 Å². The third kappa shape index (κ3) is 10.5. The summed E-state index contributed by atoms with van der Waals surface area (Å²) in [6, 6.07) is 0. The Bertz CT molecular complexity index is 300. The summed E-state index contributed by atoms with van der Waals surface area (Å²) in [5.41, 5.74) is 0. The Morgan fingerprint density at radius 1 is 0.750 bits per heavy atom. The van der Waals surface area contributed by atoms with Crippen molar-refractivity contribution in [3.63, 3.8) is 0 Å². The highest BCUT2D eigenvalue weighted by molar-refractivity contribution is 5.82. The number of rotatable bonds is 15. The van der Waals surface area contributed by atoms with Crippen LogP contribution in [0.4, 0.5) is 0 Å². The molecule has 0 radical (unpaired) electrons. The summed E-state index contributed by atoms with van der Waals surface area (Å²) in [5, 5.41) is 0. The second kappa shape index (κ2) is 14.9. The molecular weight excluding hydrogens is 296 g/mol. The van der Waals surface area contributed by atoms with Crippen molar-refractivity contribution in [2.24, 2.45) is 5.92 Å². The summed E-state index contributed by atoms with van der Waals surface area (Å²) in [5.74, 6) is 0.667. The van der Waals surface area contributed by atoms with Crippen LogP contribution in [0.25, 0.3) is 0 Å². The van der Waals surface area contributed by atoms with E-state index in [4.69, 9.17) is 4.74 Å². The topological polar surface area (TPSA) is 26.3 Å². The second-order valence-corrected chi connectivity index (χ2v) is 7.79. The number of ketones is 1. The first-order chi connectivity index (χ1) is 11.8. The van der Waals surface area contributed by atoms with Crippen LogP contribution in [0.15, 0.2) is 0 Å². The van der Waals surface area contributed by atoms with Gasteiger partial charge in [-0.25, -0.2) is 0 Å². The van der Waals surface area contributed by atoms with Gasteiger partial charge >= 0.3 is 0 Å². The molecule has 2 atom stereocenters. The van der Waals surface area contributed by atoms with Crippen molar-refractivity contribution in [2.45, 2.75) is 123 Å². The molecule has 24 heavy (non-hydrogen) atoms. The van der Waals surface area contributed by atoms with Gasteiger partial charge in [0.15, 0.2) is 0 Å². The molecule has 0 bridgehead atoms. The van der Waals surface area contributed by atoms with E-state index in [1.54, 1.807) is 0 Å². The molecule has 1 aliphatic heterocycles. The predicted molar refractivity (Wildman–Crippen MR) is 103 cm³/mol. The average molecular weight is 339 g/mol. The van der Waals surface area contributed by atoms with E-state index in [2.05, 4.69) is 13.8 Å². The molecule has 0 aromatic heterocycles. The lowest BCUT2D eigenvalue weighted by molar-refractivity contribution is -0.136. The maximum absolute atomic E-state index is 12.2.